The first-order chi connectivity index (χ1) is 6.44. The van der Waals surface area contributed by atoms with Gasteiger partial charge in [0.05, 0.1) is 6.61 Å². The largest absolute Gasteiger partial charge is 0.480 e. The molecule has 1 fully saturated rings. The third-order valence-electron chi connectivity index (χ3n) is 3.33. The van der Waals surface area contributed by atoms with E-state index < -0.39 is 22.8 Å². The fourth-order valence-electron chi connectivity index (χ4n) is 1.96. The van der Waals surface area contributed by atoms with Crippen LogP contribution < -0.4 is 0 Å². The Bertz CT molecular complexity index is 273. The molecular weight excluding hydrogens is 184 g/mol. The molecule has 1 N–H and O–H groups in total. The Kier molecular flexibility index (Phi) is 2.56. The highest BCUT2D eigenvalue weighted by atomic mass is 16.5. The third-order valence-corrected chi connectivity index (χ3v) is 3.33. The molecule has 0 radical (unpaired) electrons. The van der Waals surface area contributed by atoms with Gasteiger partial charge in [-0.3, -0.25) is 9.59 Å². The van der Waals surface area contributed by atoms with E-state index in [9.17, 15) is 9.59 Å². The highest BCUT2D eigenvalue weighted by Crippen LogP contribution is 2.66. The van der Waals surface area contributed by atoms with E-state index in [-0.39, 0.29) is 6.61 Å². The van der Waals surface area contributed by atoms with Gasteiger partial charge in [-0.2, -0.15) is 0 Å². The third kappa shape index (κ3) is 1.21. The van der Waals surface area contributed by atoms with Gasteiger partial charge in [0.25, 0.3) is 0 Å². The summed E-state index contributed by atoms with van der Waals surface area (Å²) in [6, 6.07) is 0. The Labute approximate surface area is 83.2 Å². The molecule has 1 aliphatic carbocycles. The van der Waals surface area contributed by atoms with Crippen molar-refractivity contribution in [2.45, 2.75) is 33.6 Å². The maximum absolute atomic E-state index is 11.5. The Morgan fingerprint density at radius 2 is 2.00 bits per heavy atom. The van der Waals surface area contributed by atoms with Crippen molar-refractivity contribution in [3.05, 3.63) is 0 Å². The first-order valence-corrected chi connectivity index (χ1v) is 4.85. The molecule has 1 aliphatic rings. The van der Waals surface area contributed by atoms with E-state index in [0.717, 1.165) is 0 Å². The van der Waals surface area contributed by atoms with Crippen molar-refractivity contribution in [1.29, 1.82) is 0 Å². The number of carboxylic acids is 1. The fraction of sp³-hybridized carbons (Fsp3) is 0.800. The SMILES string of the molecule is CCOC(=O)[C@@]1(C(=O)O)C[C@@]1(C)CC. The normalized spacial score (nSPS) is 35.1. The summed E-state index contributed by atoms with van der Waals surface area (Å²) in [4.78, 5) is 22.6. The summed E-state index contributed by atoms with van der Waals surface area (Å²) in [6.07, 6.45) is 1.07. The summed E-state index contributed by atoms with van der Waals surface area (Å²) < 4.78 is 4.81. The predicted octanol–water partition coefficient (Wildman–Crippen LogP) is 1.44. The van der Waals surface area contributed by atoms with Crippen molar-refractivity contribution >= 4 is 11.9 Å². The van der Waals surface area contributed by atoms with Crippen molar-refractivity contribution < 1.29 is 19.4 Å². The highest BCUT2D eigenvalue weighted by molar-refractivity contribution is 6.04. The van der Waals surface area contributed by atoms with Crippen LogP contribution in [-0.2, 0) is 14.3 Å². The van der Waals surface area contributed by atoms with Gasteiger partial charge in [0.1, 0.15) is 0 Å². The molecule has 14 heavy (non-hydrogen) atoms. The first-order valence-electron chi connectivity index (χ1n) is 4.85. The molecule has 80 valence electrons. The van der Waals surface area contributed by atoms with Gasteiger partial charge in [-0.05, 0) is 25.2 Å². The van der Waals surface area contributed by atoms with E-state index in [0.29, 0.717) is 12.8 Å². The maximum Gasteiger partial charge on any atom is 0.324 e. The summed E-state index contributed by atoms with van der Waals surface area (Å²) >= 11 is 0. The maximum atomic E-state index is 11.5. The number of ether oxygens (including phenoxy) is 1. The molecule has 4 heteroatoms. The molecule has 0 spiro atoms. The molecule has 0 aromatic heterocycles. The minimum absolute atomic E-state index is 0.230. The van der Waals surface area contributed by atoms with Crippen LogP contribution in [0.3, 0.4) is 0 Å². The van der Waals surface area contributed by atoms with E-state index in [4.69, 9.17) is 9.84 Å². The van der Waals surface area contributed by atoms with Crippen LogP contribution in [0.15, 0.2) is 0 Å². The molecule has 0 unspecified atom stereocenters. The molecule has 0 aliphatic heterocycles. The van der Waals surface area contributed by atoms with Gasteiger partial charge >= 0.3 is 11.9 Å². The lowest BCUT2D eigenvalue weighted by Gasteiger charge is -2.15. The highest BCUT2D eigenvalue weighted by Gasteiger charge is 2.74. The predicted molar refractivity (Wildman–Crippen MR) is 49.7 cm³/mol. The van der Waals surface area contributed by atoms with Crippen molar-refractivity contribution in [1.82, 2.24) is 0 Å². The lowest BCUT2D eigenvalue weighted by atomic mass is 9.92. The van der Waals surface area contributed by atoms with Crippen LogP contribution in [0.4, 0.5) is 0 Å². The second-order valence-electron chi connectivity index (χ2n) is 4.02. The van der Waals surface area contributed by atoms with Crippen LogP contribution >= 0.6 is 0 Å². The number of esters is 1. The molecule has 0 heterocycles. The molecule has 0 amide bonds. The van der Waals surface area contributed by atoms with Gasteiger partial charge < -0.3 is 9.84 Å². The topological polar surface area (TPSA) is 63.6 Å². The number of carboxylic acid groups (broad SMARTS) is 1. The van der Waals surface area contributed by atoms with E-state index in [1.165, 1.54) is 0 Å². The molecule has 0 bridgehead atoms. The zero-order chi connectivity index (χ0) is 11.0. The van der Waals surface area contributed by atoms with Gasteiger partial charge in [-0.15, -0.1) is 0 Å². The second-order valence-corrected chi connectivity index (χ2v) is 4.02. The Balaban J connectivity index is 2.89. The molecular formula is C10H16O4. The molecule has 1 rings (SSSR count). The Morgan fingerprint density at radius 1 is 1.43 bits per heavy atom. The molecule has 1 saturated carbocycles. The number of aliphatic carboxylic acids is 1. The quantitative estimate of drug-likeness (QED) is 0.551. The Hall–Kier alpha value is -1.06. The smallest absolute Gasteiger partial charge is 0.324 e. The van der Waals surface area contributed by atoms with Crippen LogP contribution in [0.2, 0.25) is 0 Å². The molecule has 2 atom stereocenters. The van der Waals surface area contributed by atoms with Gasteiger partial charge in [0, 0.05) is 0 Å². The Morgan fingerprint density at radius 3 is 2.29 bits per heavy atom. The van der Waals surface area contributed by atoms with E-state index in [1.54, 1.807) is 6.92 Å². The van der Waals surface area contributed by atoms with Crippen molar-refractivity contribution in [3.8, 4) is 0 Å². The van der Waals surface area contributed by atoms with Crippen molar-refractivity contribution in [3.63, 3.8) is 0 Å². The standard InChI is InChI=1S/C10H16O4/c1-4-9(3)6-10(9,7(11)12)8(13)14-5-2/h4-6H2,1-3H3,(H,11,12)/t9-,10+/m1/s1. The number of hydrogen-bond acceptors (Lipinski definition) is 3. The monoisotopic (exact) mass is 200 g/mol. The molecule has 0 aromatic carbocycles. The van der Waals surface area contributed by atoms with Crippen LogP contribution in [0.25, 0.3) is 0 Å². The number of rotatable bonds is 4. The second kappa shape index (κ2) is 3.26. The molecule has 4 nitrogen and oxygen atoms in total. The summed E-state index contributed by atoms with van der Waals surface area (Å²) in [6.45, 7) is 5.62. The van der Waals surface area contributed by atoms with Crippen LogP contribution in [0.5, 0.6) is 0 Å². The lowest BCUT2D eigenvalue weighted by molar-refractivity contribution is -0.163. The average Bonchev–Trinajstić information content (AvgIpc) is 2.75. The summed E-state index contributed by atoms with van der Waals surface area (Å²) in [5.74, 6) is -1.64. The minimum Gasteiger partial charge on any atom is -0.480 e. The van der Waals surface area contributed by atoms with E-state index >= 15 is 0 Å². The molecule has 0 saturated heterocycles. The van der Waals surface area contributed by atoms with Crippen LogP contribution in [0.1, 0.15) is 33.6 Å². The average molecular weight is 200 g/mol. The van der Waals surface area contributed by atoms with Gasteiger partial charge in [0.2, 0.25) is 0 Å². The van der Waals surface area contributed by atoms with Gasteiger partial charge in [0.15, 0.2) is 5.41 Å². The first kappa shape index (κ1) is 11.0. The van der Waals surface area contributed by atoms with Crippen LogP contribution in [0, 0.1) is 10.8 Å². The number of carbonyl (C=O) groups is 2. The molecule has 0 aromatic rings. The minimum atomic E-state index is -1.28. The van der Waals surface area contributed by atoms with Gasteiger partial charge in [-0.1, -0.05) is 13.8 Å². The van der Waals surface area contributed by atoms with Crippen molar-refractivity contribution in [2.75, 3.05) is 6.61 Å². The lowest BCUT2D eigenvalue weighted by Crippen LogP contribution is -2.32. The summed E-state index contributed by atoms with van der Waals surface area (Å²) in [7, 11) is 0. The fourth-order valence-corrected chi connectivity index (χ4v) is 1.96. The summed E-state index contributed by atoms with van der Waals surface area (Å²) in [5.41, 5.74) is -1.71. The number of hydrogen-bond donors (Lipinski definition) is 1. The van der Waals surface area contributed by atoms with Crippen LogP contribution in [-0.4, -0.2) is 23.7 Å². The van der Waals surface area contributed by atoms with E-state index in [2.05, 4.69) is 0 Å². The zero-order valence-electron chi connectivity index (χ0n) is 8.79. The summed E-state index contributed by atoms with van der Waals surface area (Å²) in [5, 5.41) is 9.07. The van der Waals surface area contributed by atoms with Crippen molar-refractivity contribution in [2.24, 2.45) is 10.8 Å². The van der Waals surface area contributed by atoms with E-state index in [1.807, 2.05) is 13.8 Å². The van der Waals surface area contributed by atoms with Gasteiger partial charge in [-0.25, -0.2) is 0 Å². The number of carbonyl (C=O) groups excluding carboxylic acids is 1. The zero-order valence-corrected chi connectivity index (χ0v) is 8.79.